The van der Waals surface area contributed by atoms with Crippen LogP contribution in [0.15, 0.2) is 24.3 Å². The van der Waals surface area contributed by atoms with Gasteiger partial charge in [0.2, 0.25) is 0 Å². The number of carboxylic acids is 1. The summed E-state index contributed by atoms with van der Waals surface area (Å²) in [4.78, 5) is 23.7. The average Bonchev–Trinajstić information content (AvgIpc) is 2.81. The van der Waals surface area contributed by atoms with Crippen molar-refractivity contribution in [1.82, 2.24) is 0 Å². The van der Waals surface area contributed by atoms with Crippen LogP contribution < -0.4 is 4.74 Å². The maximum atomic E-state index is 12.5. The predicted molar refractivity (Wildman–Crippen MR) is 75.0 cm³/mol. The quantitative estimate of drug-likeness (QED) is 0.840. The molecule has 1 aromatic rings. The van der Waals surface area contributed by atoms with Crippen molar-refractivity contribution in [1.29, 1.82) is 0 Å². The molecular weight excluding hydrogens is 256 g/mol. The molecule has 0 heterocycles. The lowest BCUT2D eigenvalue weighted by molar-refractivity contribution is -0.142. The molecule has 3 unspecified atom stereocenters. The first-order valence-electron chi connectivity index (χ1n) is 7.02. The Labute approximate surface area is 118 Å². The van der Waals surface area contributed by atoms with Gasteiger partial charge in [-0.25, -0.2) is 0 Å². The van der Waals surface area contributed by atoms with E-state index < -0.39 is 17.8 Å². The molecule has 0 spiro atoms. The van der Waals surface area contributed by atoms with E-state index in [0.29, 0.717) is 25.0 Å². The number of Topliss-reactive ketones (excluding diaryl/α,β-unsaturated/α-hetero) is 1. The van der Waals surface area contributed by atoms with Crippen LogP contribution in [0.5, 0.6) is 5.75 Å². The Hall–Kier alpha value is -1.84. The van der Waals surface area contributed by atoms with Crippen molar-refractivity contribution in [3.8, 4) is 5.75 Å². The number of ketones is 1. The molecule has 0 saturated heterocycles. The number of rotatable bonds is 5. The third-order valence-corrected chi connectivity index (χ3v) is 3.90. The molecule has 0 bridgehead atoms. The van der Waals surface area contributed by atoms with Gasteiger partial charge in [-0.05, 0) is 49.9 Å². The summed E-state index contributed by atoms with van der Waals surface area (Å²) in [6.07, 6.45) is 1.24. The minimum atomic E-state index is -0.862. The number of carboxylic acid groups (broad SMARTS) is 1. The summed E-state index contributed by atoms with van der Waals surface area (Å²) in [6.45, 7) is 4.48. The van der Waals surface area contributed by atoms with Crippen LogP contribution in [-0.2, 0) is 4.79 Å². The van der Waals surface area contributed by atoms with Crippen molar-refractivity contribution >= 4 is 11.8 Å². The summed E-state index contributed by atoms with van der Waals surface area (Å²) in [6, 6.07) is 6.94. The first-order valence-corrected chi connectivity index (χ1v) is 7.02. The van der Waals surface area contributed by atoms with Crippen LogP contribution >= 0.6 is 0 Å². The van der Waals surface area contributed by atoms with Crippen LogP contribution in [-0.4, -0.2) is 23.5 Å². The van der Waals surface area contributed by atoms with Gasteiger partial charge in [0, 0.05) is 11.5 Å². The molecule has 0 radical (unpaired) electrons. The maximum absolute atomic E-state index is 12.5. The van der Waals surface area contributed by atoms with Gasteiger partial charge in [0.15, 0.2) is 5.78 Å². The van der Waals surface area contributed by atoms with Crippen LogP contribution in [0.4, 0.5) is 0 Å². The van der Waals surface area contributed by atoms with E-state index in [2.05, 4.69) is 0 Å². The first kappa shape index (κ1) is 14.6. The van der Waals surface area contributed by atoms with Gasteiger partial charge in [-0.2, -0.15) is 0 Å². The Balaban J connectivity index is 2.15. The van der Waals surface area contributed by atoms with Crippen molar-refractivity contribution in [2.45, 2.75) is 26.7 Å². The molecule has 2 rings (SSSR count). The number of carbonyl (C=O) groups is 2. The van der Waals surface area contributed by atoms with E-state index >= 15 is 0 Å². The Kier molecular flexibility index (Phi) is 4.42. The van der Waals surface area contributed by atoms with Crippen LogP contribution in [0.1, 0.15) is 37.0 Å². The zero-order valence-corrected chi connectivity index (χ0v) is 11.8. The summed E-state index contributed by atoms with van der Waals surface area (Å²) in [5, 5.41) is 9.24. The molecule has 0 aromatic heterocycles. The minimum absolute atomic E-state index is 0.0650. The average molecular weight is 276 g/mol. The van der Waals surface area contributed by atoms with Gasteiger partial charge in [0.25, 0.3) is 0 Å². The minimum Gasteiger partial charge on any atom is -0.494 e. The summed E-state index contributed by atoms with van der Waals surface area (Å²) in [7, 11) is 0. The van der Waals surface area contributed by atoms with Crippen LogP contribution in [0.2, 0.25) is 0 Å². The molecule has 1 aliphatic carbocycles. The fraction of sp³-hybridized carbons (Fsp3) is 0.500. The molecule has 4 nitrogen and oxygen atoms in total. The number of hydrogen-bond acceptors (Lipinski definition) is 3. The molecule has 0 amide bonds. The third-order valence-electron chi connectivity index (χ3n) is 3.90. The Morgan fingerprint density at radius 1 is 1.20 bits per heavy atom. The van der Waals surface area contributed by atoms with Crippen LogP contribution in [0.25, 0.3) is 0 Å². The number of hydrogen-bond donors (Lipinski definition) is 1. The molecule has 0 aliphatic heterocycles. The van der Waals surface area contributed by atoms with Crippen molar-refractivity contribution in [2.24, 2.45) is 17.8 Å². The highest BCUT2D eigenvalue weighted by molar-refractivity contribution is 6.00. The van der Waals surface area contributed by atoms with Crippen molar-refractivity contribution < 1.29 is 19.4 Å². The molecule has 1 aromatic carbocycles. The monoisotopic (exact) mass is 276 g/mol. The Bertz CT molecular complexity index is 492. The van der Waals surface area contributed by atoms with Crippen molar-refractivity contribution in [3.05, 3.63) is 29.8 Å². The highest BCUT2D eigenvalue weighted by Crippen LogP contribution is 2.38. The molecule has 3 atom stereocenters. The number of ether oxygens (including phenoxy) is 1. The lowest BCUT2D eigenvalue weighted by atomic mass is 9.88. The molecule has 1 saturated carbocycles. The van der Waals surface area contributed by atoms with Gasteiger partial charge in [-0.1, -0.05) is 6.92 Å². The second-order valence-corrected chi connectivity index (χ2v) is 5.45. The molecule has 1 N–H and O–H groups in total. The predicted octanol–water partition coefficient (Wildman–Crippen LogP) is 3.01. The summed E-state index contributed by atoms with van der Waals surface area (Å²) in [5.74, 6) is -0.876. The molecule has 20 heavy (non-hydrogen) atoms. The first-order chi connectivity index (χ1) is 9.52. The van der Waals surface area contributed by atoms with E-state index in [-0.39, 0.29) is 11.7 Å². The molecule has 1 aliphatic rings. The van der Waals surface area contributed by atoms with Gasteiger partial charge >= 0.3 is 5.97 Å². The zero-order valence-electron chi connectivity index (χ0n) is 11.8. The van der Waals surface area contributed by atoms with Crippen molar-refractivity contribution in [3.63, 3.8) is 0 Å². The molecule has 1 fully saturated rings. The Morgan fingerprint density at radius 3 is 2.35 bits per heavy atom. The van der Waals surface area contributed by atoms with Gasteiger partial charge < -0.3 is 9.84 Å². The van der Waals surface area contributed by atoms with E-state index in [1.807, 2.05) is 13.8 Å². The second-order valence-electron chi connectivity index (χ2n) is 5.45. The molecular formula is C16H20O4. The van der Waals surface area contributed by atoms with Gasteiger partial charge in [0.1, 0.15) is 5.75 Å². The SMILES string of the molecule is CCOc1ccc(C(=O)C2CC(C)CC2C(=O)O)cc1. The van der Waals surface area contributed by atoms with Gasteiger partial charge in [-0.15, -0.1) is 0 Å². The lowest BCUT2D eigenvalue weighted by Crippen LogP contribution is -2.25. The van der Waals surface area contributed by atoms with Crippen LogP contribution in [0, 0.1) is 17.8 Å². The summed E-state index contributed by atoms with van der Waals surface area (Å²) >= 11 is 0. The maximum Gasteiger partial charge on any atom is 0.307 e. The van der Waals surface area contributed by atoms with E-state index in [1.165, 1.54) is 0 Å². The van der Waals surface area contributed by atoms with E-state index in [9.17, 15) is 14.7 Å². The highest BCUT2D eigenvalue weighted by atomic mass is 16.5. The second kappa shape index (κ2) is 6.07. The molecule has 4 heteroatoms. The van der Waals surface area contributed by atoms with E-state index in [0.717, 1.165) is 5.75 Å². The third kappa shape index (κ3) is 3.00. The smallest absolute Gasteiger partial charge is 0.307 e. The van der Waals surface area contributed by atoms with E-state index in [1.54, 1.807) is 24.3 Å². The topological polar surface area (TPSA) is 63.6 Å². The fourth-order valence-corrected chi connectivity index (χ4v) is 2.95. The zero-order chi connectivity index (χ0) is 14.7. The molecule has 108 valence electrons. The number of aliphatic carboxylic acids is 1. The number of benzene rings is 1. The van der Waals surface area contributed by atoms with Gasteiger partial charge in [-0.3, -0.25) is 9.59 Å². The normalized spacial score (nSPS) is 25.4. The van der Waals surface area contributed by atoms with Crippen LogP contribution in [0.3, 0.4) is 0 Å². The Morgan fingerprint density at radius 2 is 1.80 bits per heavy atom. The summed E-state index contributed by atoms with van der Waals surface area (Å²) < 4.78 is 5.34. The lowest BCUT2D eigenvalue weighted by Gasteiger charge is -2.14. The van der Waals surface area contributed by atoms with Crippen molar-refractivity contribution in [2.75, 3.05) is 6.61 Å². The van der Waals surface area contributed by atoms with E-state index in [4.69, 9.17) is 4.74 Å². The standard InChI is InChI=1S/C16H20O4/c1-3-20-12-6-4-11(5-7-12)15(17)13-8-10(2)9-14(13)16(18)19/h4-7,10,13-14H,3,8-9H2,1-2H3,(H,18,19). The largest absolute Gasteiger partial charge is 0.494 e. The van der Waals surface area contributed by atoms with Gasteiger partial charge in [0.05, 0.1) is 12.5 Å². The fourth-order valence-electron chi connectivity index (χ4n) is 2.95. The number of carbonyl (C=O) groups excluding carboxylic acids is 1. The summed E-state index contributed by atoms with van der Waals surface area (Å²) in [5.41, 5.74) is 0.568. The highest BCUT2D eigenvalue weighted by Gasteiger charge is 2.41.